The Kier molecular flexibility index (Phi) is 50.7. The molecule has 12 heteroatoms. The number of benzene rings is 2. The average molecular weight is 1380 g/mol. The molecule has 0 aliphatic rings. The number of rotatable bonds is 68. The van der Waals surface area contributed by atoms with Crippen molar-refractivity contribution in [2.45, 2.75) is 394 Å². The van der Waals surface area contributed by atoms with Gasteiger partial charge in [0.05, 0.1) is 66.5 Å². The van der Waals surface area contributed by atoms with Gasteiger partial charge >= 0.3 is 23.9 Å². The largest absolute Gasteiger partial charge is 0.462 e. The lowest BCUT2D eigenvalue weighted by Crippen LogP contribution is -2.16. The maximum absolute atomic E-state index is 14.4. The summed E-state index contributed by atoms with van der Waals surface area (Å²) < 4.78 is 23.4. The number of carbonyl (C=O) groups excluding carboxylic acids is 6. The SMILES string of the molecule is CCCCCCCCCCCCCCCCOC(=O)c1cc2c[nH]c(C(=O)CC(=O)c3[nH]cc4cc(C(=O)OCCCCCCCCCCCCCCCC)c(C(=O)OCCCCCCCCCCCCCCCC)cc34)c2cc1C(=O)OCCCCCCCCCCCCCCCC. The molecule has 0 aliphatic carbocycles. The molecule has 2 aromatic heterocycles. The third-order valence-corrected chi connectivity index (χ3v) is 20.3. The number of hydrogen-bond donors (Lipinski definition) is 2. The van der Waals surface area contributed by atoms with Crippen LogP contribution in [0.1, 0.15) is 456 Å². The number of ether oxygens (including phenoxy) is 4. The molecule has 2 heterocycles. The van der Waals surface area contributed by atoms with Crippen molar-refractivity contribution >= 4 is 57.0 Å². The van der Waals surface area contributed by atoms with E-state index in [1.807, 2.05) is 0 Å². The van der Waals surface area contributed by atoms with Crippen LogP contribution in [0.3, 0.4) is 0 Å². The average Bonchev–Trinajstić information content (AvgIpc) is 1.68. The van der Waals surface area contributed by atoms with Crippen LogP contribution in [0.15, 0.2) is 36.7 Å². The molecular weight excluding hydrogens is 1230 g/mol. The highest BCUT2D eigenvalue weighted by molar-refractivity contribution is 6.21. The second-order valence-corrected chi connectivity index (χ2v) is 29.2. The lowest BCUT2D eigenvalue weighted by molar-refractivity contribution is 0.0450. The van der Waals surface area contributed by atoms with Gasteiger partial charge in [-0.1, -0.05) is 362 Å². The van der Waals surface area contributed by atoms with Gasteiger partial charge in [0, 0.05) is 33.9 Å². The predicted molar refractivity (Wildman–Crippen MR) is 412 cm³/mol. The molecule has 0 spiro atoms. The zero-order valence-corrected chi connectivity index (χ0v) is 63.7. The highest BCUT2D eigenvalue weighted by Gasteiger charge is 2.28. The van der Waals surface area contributed by atoms with Crippen LogP contribution in [0.5, 0.6) is 0 Å². The third kappa shape index (κ3) is 38.6. The fraction of sp³-hybridized carbons (Fsp3) is 0.747. The van der Waals surface area contributed by atoms with Gasteiger partial charge in [-0.3, -0.25) is 9.59 Å². The predicted octanol–water partition coefficient (Wildman–Crippen LogP) is 26.7. The van der Waals surface area contributed by atoms with Crippen LogP contribution in [0.25, 0.3) is 21.5 Å². The molecule has 0 aliphatic heterocycles. The first kappa shape index (κ1) is 86.1. The number of Topliss-reactive ketones (excluding diaryl/α,β-unsaturated/α-hetero) is 2. The first-order chi connectivity index (χ1) is 48.6. The number of esters is 4. The van der Waals surface area contributed by atoms with E-state index in [9.17, 15) is 28.8 Å². The van der Waals surface area contributed by atoms with Gasteiger partial charge in [-0.2, -0.15) is 0 Å². The standard InChI is InChI=1S/C87H142N2O10/c1-5-9-13-17-21-25-29-33-37-41-45-49-53-57-61-96-84(92)76-65-72-70-88-82(74(72)67-78(76)86(94)98-63-59-55-51-47-43-39-35-31-27-23-19-15-11-7-3)80(90)69-81(91)83-75-68-79(87(95)99-64-60-56-52-48-44-40-36-32-28-24-20-16-12-8-4)77(66-73(75)71-89-83)85(93)97-62-58-54-50-46-42-38-34-30-26-22-18-14-10-6-2/h65-68,70-71,88-89H,5-64,69H2,1-4H3. The van der Waals surface area contributed by atoms with Crippen LogP contribution in [0.2, 0.25) is 0 Å². The summed E-state index contributed by atoms with van der Waals surface area (Å²) in [6.45, 7) is 9.88. The van der Waals surface area contributed by atoms with E-state index in [2.05, 4.69) is 37.7 Å². The minimum absolute atomic E-state index is 0.00633. The van der Waals surface area contributed by atoms with Crippen LogP contribution in [-0.4, -0.2) is 71.8 Å². The van der Waals surface area contributed by atoms with E-state index in [0.29, 0.717) is 34.4 Å². The summed E-state index contributed by atoms with van der Waals surface area (Å²) in [5.41, 5.74) is 0.359. The lowest BCUT2D eigenvalue weighted by atomic mass is 9.98. The molecule has 4 aromatic rings. The zero-order valence-electron chi connectivity index (χ0n) is 63.7. The molecule has 0 saturated heterocycles. The van der Waals surface area contributed by atoms with E-state index in [1.165, 1.54) is 269 Å². The van der Waals surface area contributed by atoms with Gasteiger partial charge in [0.15, 0.2) is 11.6 Å². The van der Waals surface area contributed by atoms with Crippen LogP contribution in [0.4, 0.5) is 0 Å². The number of aromatic nitrogens is 2. The Hall–Kier alpha value is -5.26. The van der Waals surface area contributed by atoms with Crippen molar-refractivity contribution in [3.05, 3.63) is 70.3 Å². The fourth-order valence-corrected chi connectivity index (χ4v) is 14.0. The van der Waals surface area contributed by atoms with Crippen molar-refractivity contribution in [2.75, 3.05) is 26.4 Å². The molecule has 12 nitrogen and oxygen atoms in total. The highest BCUT2D eigenvalue weighted by atomic mass is 16.5. The molecule has 4 rings (SSSR count). The Bertz CT molecular complexity index is 2570. The maximum Gasteiger partial charge on any atom is 0.339 e. The fourth-order valence-electron chi connectivity index (χ4n) is 14.0. The molecule has 0 fully saturated rings. The van der Waals surface area contributed by atoms with Gasteiger partial charge in [-0.25, -0.2) is 19.2 Å². The monoisotopic (exact) mass is 1380 g/mol. The number of carbonyl (C=O) groups is 6. The van der Waals surface area contributed by atoms with Crippen molar-refractivity contribution in [2.24, 2.45) is 0 Å². The van der Waals surface area contributed by atoms with Crippen LogP contribution < -0.4 is 0 Å². The van der Waals surface area contributed by atoms with E-state index >= 15 is 0 Å². The van der Waals surface area contributed by atoms with Gasteiger partial charge in [-0.15, -0.1) is 0 Å². The summed E-state index contributed by atoms with van der Waals surface area (Å²) in [5, 5.41) is 1.75. The van der Waals surface area contributed by atoms with Gasteiger partial charge in [0.2, 0.25) is 0 Å². The number of H-pyrrole nitrogens is 2. The molecule has 0 unspecified atom stereocenters. The number of nitrogens with one attached hydrogen (secondary N) is 2. The zero-order chi connectivity index (χ0) is 70.9. The van der Waals surface area contributed by atoms with Gasteiger partial charge in [0.1, 0.15) is 0 Å². The molecule has 2 aromatic carbocycles. The minimum atomic E-state index is -0.671. The Balaban J connectivity index is 1.40. The van der Waals surface area contributed by atoms with Crippen LogP contribution in [0, 0.1) is 0 Å². The normalized spacial score (nSPS) is 11.5. The Morgan fingerprint density at radius 1 is 0.242 bits per heavy atom. The third-order valence-electron chi connectivity index (χ3n) is 20.3. The van der Waals surface area contributed by atoms with E-state index in [-0.39, 0.29) is 60.1 Å². The minimum Gasteiger partial charge on any atom is -0.462 e. The Morgan fingerprint density at radius 3 is 0.606 bits per heavy atom. The Morgan fingerprint density at radius 2 is 0.414 bits per heavy atom. The van der Waals surface area contributed by atoms with Gasteiger partial charge in [-0.05, 0) is 49.9 Å². The van der Waals surface area contributed by atoms with Crippen LogP contribution >= 0.6 is 0 Å². The van der Waals surface area contributed by atoms with Gasteiger partial charge < -0.3 is 28.9 Å². The van der Waals surface area contributed by atoms with Crippen molar-refractivity contribution in [1.82, 2.24) is 9.97 Å². The lowest BCUT2D eigenvalue weighted by Gasteiger charge is -2.12. The number of ketones is 2. The smallest absolute Gasteiger partial charge is 0.339 e. The molecule has 99 heavy (non-hydrogen) atoms. The number of aromatic amines is 2. The van der Waals surface area contributed by atoms with Crippen molar-refractivity contribution in [3.63, 3.8) is 0 Å². The molecule has 0 amide bonds. The summed E-state index contributed by atoms with van der Waals surface area (Å²) in [4.78, 5) is 90.8. The van der Waals surface area contributed by atoms with Crippen molar-refractivity contribution < 1.29 is 47.7 Å². The summed E-state index contributed by atoms with van der Waals surface area (Å²) >= 11 is 0. The van der Waals surface area contributed by atoms with E-state index < -0.39 is 41.9 Å². The second kappa shape index (κ2) is 58.3. The molecule has 0 saturated carbocycles. The van der Waals surface area contributed by atoms with E-state index in [1.54, 1.807) is 24.5 Å². The molecule has 0 bridgehead atoms. The summed E-state index contributed by atoms with van der Waals surface area (Å²) in [7, 11) is 0. The number of hydrogen-bond acceptors (Lipinski definition) is 10. The molecule has 560 valence electrons. The topological polar surface area (TPSA) is 171 Å². The summed E-state index contributed by atoms with van der Waals surface area (Å²) in [6, 6.07) is 6.17. The number of fused-ring (bicyclic) bond motifs is 2. The van der Waals surface area contributed by atoms with E-state index in [0.717, 1.165) is 89.9 Å². The quantitative estimate of drug-likeness (QED) is 0.0143. The molecule has 2 N–H and O–H groups in total. The van der Waals surface area contributed by atoms with Crippen molar-refractivity contribution in [3.8, 4) is 0 Å². The highest BCUT2D eigenvalue weighted by Crippen LogP contribution is 2.30. The first-order valence-corrected chi connectivity index (χ1v) is 41.7. The summed E-state index contributed by atoms with van der Waals surface area (Å²) in [6.07, 6.45) is 70.5. The molecule has 0 radical (unpaired) electrons. The first-order valence-electron chi connectivity index (χ1n) is 41.7. The van der Waals surface area contributed by atoms with Gasteiger partial charge in [0.25, 0.3) is 0 Å². The Labute approximate surface area is 602 Å². The molecule has 0 atom stereocenters. The van der Waals surface area contributed by atoms with Crippen molar-refractivity contribution in [1.29, 1.82) is 0 Å². The summed E-state index contributed by atoms with van der Waals surface area (Å²) in [5.74, 6) is -3.67. The van der Waals surface area contributed by atoms with Crippen LogP contribution in [-0.2, 0) is 18.9 Å². The molecular formula is C87H142N2O10. The van der Waals surface area contributed by atoms with E-state index in [4.69, 9.17) is 18.9 Å². The second-order valence-electron chi connectivity index (χ2n) is 29.2. The number of unbranched alkanes of at least 4 members (excludes halogenated alkanes) is 52. The maximum atomic E-state index is 14.4.